The number of amides is 1. The summed E-state index contributed by atoms with van der Waals surface area (Å²) in [5.41, 5.74) is 0.225. The summed E-state index contributed by atoms with van der Waals surface area (Å²) in [5, 5.41) is 2.86. The third-order valence-electron chi connectivity index (χ3n) is 5.35. The van der Waals surface area contributed by atoms with Gasteiger partial charge in [-0.15, -0.1) is 0 Å². The van der Waals surface area contributed by atoms with Gasteiger partial charge >= 0.3 is 5.97 Å². The Morgan fingerprint density at radius 3 is 2.18 bits per heavy atom. The van der Waals surface area contributed by atoms with Crippen LogP contribution in [0.15, 0.2) is 29.2 Å². The average molecular weight is 409 g/mol. The smallest absolute Gasteiger partial charge is 0.338 e. The number of carbonyl (C=O) groups excluding carboxylic acids is 2. The normalized spacial score (nSPS) is 19.1. The average Bonchev–Trinajstić information content (AvgIpc) is 3.04. The van der Waals surface area contributed by atoms with Crippen molar-refractivity contribution in [2.45, 2.75) is 62.3 Å². The number of sulfonamides is 1. The van der Waals surface area contributed by atoms with Crippen LogP contribution in [0, 0.1) is 0 Å². The fraction of sp³-hybridized carbons (Fsp3) is 0.600. The van der Waals surface area contributed by atoms with Crippen LogP contribution in [0.25, 0.3) is 0 Å². The summed E-state index contributed by atoms with van der Waals surface area (Å²) in [6, 6.07) is 5.89. The number of hydrogen-bond acceptors (Lipinski definition) is 5. The Balaban J connectivity index is 1.55. The van der Waals surface area contributed by atoms with E-state index in [1.807, 2.05) is 0 Å². The van der Waals surface area contributed by atoms with Crippen molar-refractivity contribution in [1.29, 1.82) is 0 Å². The molecule has 1 saturated heterocycles. The first kappa shape index (κ1) is 20.8. The van der Waals surface area contributed by atoms with Gasteiger partial charge in [-0.3, -0.25) is 4.79 Å². The van der Waals surface area contributed by atoms with Gasteiger partial charge in [0.25, 0.3) is 5.91 Å². The van der Waals surface area contributed by atoms with E-state index in [1.165, 1.54) is 28.6 Å². The van der Waals surface area contributed by atoms with Crippen molar-refractivity contribution in [3.05, 3.63) is 29.8 Å². The molecule has 7 nitrogen and oxygen atoms in total. The number of rotatable bonds is 6. The molecule has 1 amide bonds. The summed E-state index contributed by atoms with van der Waals surface area (Å²) in [4.78, 5) is 24.2. The summed E-state index contributed by atoms with van der Waals surface area (Å²) < 4.78 is 32.1. The minimum absolute atomic E-state index is 0.171. The fourth-order valence-corrected chi connectivity index (χ4v) is 5.27. The molecule has 1 heterocycles. The van der Waals surface area contributed by atoms with Gasteiger partial charge < -0.3 is 10.1 Å². The van der Waals surface area contributed by atoms with Crippen molar-refractivity contribution >= 4 is 21.9 Å². The van der Waals surface area contributed by atoms with Crippen molar-refractivity contribution in [3.8, 4) is 0 Å². The lowest BCUT2D eigenvalue weighted by Gasteiger charge is -2.20. The molecule has 0 spiro atoms. The largest absolute Gasteiger partial charge is 0.452 e. The van der Waals surface area contributed by atoms with E-state index in [2.05, 4.69) is 5.32 Å². The topological polar surface area (TPSA) is 92.8 Å². The van der Waals surface area contributed by atoms with E-state index >= 15 is 0 Å². The third kappa shape index (κ3) is 5.32. The molecule has 1 saturated carbocycles. The lowest BCUT2D eigenvalue weighted by Crippen LogP contribution is -2.35. The van der Waals surface area contributed by atoms with Crippen LogP contribution < -0.4 is 5.32 Å². The molecule has 0 aromatic heterocycles. The maximum absolute atomic E-state index is 12.8. The van der Waals surface area contributed by atoms with E-state index in [9.17, 15) is 18.0 Å². The van der Waals surface area contributed by atoms with Gasteiger partial charge in [-0.1, -0.05) is 25.7 Å². The van der Waals surface area contributed by atoms with Crippen LogP contribution in [0.3, 0.4) is 0 Å². The minimum atomic E-state index is -3.55. The molecule has 28 heavy (non-hydrogen) atoms. The second kappa shape index (κ2) is 9.52. The highest BCUT2D eigenvalue weighted by Gasteiger charge is 2.25. The van der Waals surface area contributed by atoms with Gasteiger partial charge in [0.2, 0.25) is 10.0 Å². The van der Waals surface area contributed by atoms with E-state index in [-0.39, 0.29) is 29.0 Å². The standard InChI is InChI=1S/C20H28N2O5S/c23-19(21-17-7-3-4-8-17)15-27-20(24)16-9-11-18(12-10-16)28(25,26)22-13-5-1-2-6-14-22/h9-12,17H,1-8,13-15H2,(H,21,23). The number of hydrogen-bond donors (Lipinski definition) is 1. The number of esters is 1. The Hall–Kier alpha value is -1.93. The number of nitrogens with zero attached hydrogens (tertiary/aromatic N) is 1. The van der Waals surface area contributed by atoms with Crippen molar-refractivity contribution in [1.82, 2.24) is 9.62 Å². The van der Waals surface area contributed by atoms with Crippen molar-refractivity contribution < 1.29 is 22.7 Å². The Bertz CT molecular complexity index is 777. The Morgan fingerprint density at radius 1 is 0.964 bits per heavy atom. The van der Waals surface area contributed by atoms with Crippen LogP contribution in [0.4, 0.5) is 0 Å². The molecule has 1 aliphatic heterocycles. The molecular weight excluding hydrogens is 380 g/mol. The van der Waals surface area contributed by atoms with Crippen LogP contribution in [0.1, 0.15) is 61.7 Å². The number of nitrogens with one attached hydrogen (secondary N) is 1. The molecule has 1 N–H and O–H groups in total. The zero-order valence-electron chi connectivity index (χ0n) is 16.1. The molecule has 1 aromatic carbocycles. The molecule has 3 rings (SSSR count). The first-order chi connectivity index (χ1) is 13.5. The molecular formula is C20H28N2O5S. The summed E-state index contributed by atoms with van der Waals surface area (Å²) in [6.45, 7) is 0.730. The van der Waals surface area contributed by atoms with Crippen LogP contribution in [0.2, 0.25) is 0 Å². The van der Waals surface area contributed by atoms with Crippen LogP contribution in [0.5, 0.6) is 0 Å². The quantitative estimate of drug-likeness (QED) is 0.730. The number of benzene rings is 1. The first-order valence-corrected chi connectivity index (χ1v) is 11.5. The Morgan fingerprint density at radius 2 is 1.57 bits per heavy atom. The zero-order chi connectivity index (χ0) is 20.0. The van der Waals surface area contributed by atoms with Crippen LogP contribution in [-0.4, -0.2) is 50.3 Å². The second-order valence-electron chi connectivity index (χ2n) is 7.47. The number of ether oxygens (including phenoxy) is 1. The third-order valence-corrected chi connectivity index (χ3v) is 7.26. The second-order valence-corrected chi connectivity index (χ2v) is 9.41. The van der Waals surface area contributed by atoms with Gasteiger partial charge in [0.1, 0.15) is 0 Å². The van der Waals surface area contributed by atoms with Crippen molar-refractivity contribution in [3.63, 3.8) is 0 Å². The Labute approximate surface area is 166 Å². The van der Waals surface area contributed by atoms with Gasteiger partial charge in [0, 0.05) is 19.1 Å². The van der Waals surface area contributed by atoms with Gasteiger partial charge in [-0.25, -0.2) is 13.2 Å². The lowest BCUT2D eigenvalue weighted by atomic mass is 10.2. The maximum Gasteiger partial charge on any atom is 0.338 e. The van der Waals surface area contributed by atoms with Gasteiger partial charge in [-0.05, 0) is 49.9 Å². The number of carbonyl (C=O) groups is 2. The molecule has 8 heteroatoms. The lowest BCUT2D eigenvalue weighted by molar-refractivity contribution is -0.124. The maximum atomic E-state index is 12.8. The highest BCUT2D eigenvalue weighted by molar-refractivity contribution is 7.89. The fourth-order valence-electron chi connectivity index (χ4n) is 3.75. The summed E-state index contributed by atoms with van der Waals surface area (Å²) in [5.74, 6) is -0.944. The molecule has 1 aromatic rings. The van der Waals surface area contributed by atoms with Crippen LogP contribution in [-0.2, 0) is 19.6 Å². The predicted molar refractivity (Wildman–Crippen MR) is 104 cm³/mol. The van der Waals surface area contributed by atoms with E-state index in [0.717, 1.165) is 51.4 Å². The molecule has 0 radical (unpaired) electrons. The summed E-state index contributed by atoms with van der Waals surface area (Å²) in [7, 11) is -3.55. The van der Waals surface area contributed by atoms with Gasteiger partial charge in [0.15, 0.2) is 6.61 Å². The zero-order valence-corrected chi connectivity index (χ0v) is 16.9. The van der Waals surface area contributed by atoms with E-state index in [1.54, 1.807) is 0 Å². The van der Waals surface area contributed by atoms with Gasteiger partial charge in [-0.2, -0.15) is 4.31 Å². The van der Waals surface area contributed by atoms with Crippen molar-refractivity contribution in [2.24, 2.45) is 0 Å². The predicted octanol–water partition coefficient (Wildman–Crippen LogP) is 2.47. The van der Waals surface area contributed by atoms with Gasteiger partial charge in [0.05, 0.1) is 10.5 Å². The summed E-state index contributed by atoms with van der Waals surface area (Å²) in [6.07, 6.45) is 7.98. The SMILES string of the molecule is O=C(COC(=O)c1ccc(S(=O)(=O)N2CCCCCC2)cc1)NC1CCCC1. The monoisotopic (exact) mass is 408 g/mol. The molecule has 0 atom stereocenters. The molecule has 2 fully saturated rings. The van der Waals surface area contributed by atoms with E-state index in [0.29, 0.717) is 13.1 Å². The minimum Gasteiger partial charge on any atom is -0.452 e. The summed E-state index contributed by atoms with van der Waals surface area (Å²) >= 11 is 0. The highest BCUT2D eigenvalue weighted by Crippen LogP contribution is 2.21. The molecule has 2 aliphatic rings. The first-order valence-electron chi connectivity index (χ1n) is 10.0. The molecule has 0 unspecified atom stereocenters. The van der Waals surface area contributed by atoms with Crippen molar-refractivity contribution in [2.75, 3.05) is 19.7 Å². The van der Waals surface area contributed by atoms with E-state index < -0.39 is 16.0 Å². The Kier molecular flexibility index (Phi) is 7.07. The molecule has 1 aliphatic carbocycles. The molecule has 0 bridgehead atoms. The van der Waals surface area contributed by atoms with Crippen LogP contribution >= 0.6 is 0 Å². The van der Waals surface area contributed by atoms with E-state index in [4.69, 9.17) is 4.74 Å². The molecule has 154 valence electrons. The highest BCUT2D eigenvalue weighted by atomic mass is 32.2.